The fourth-order valence-corrected chi connectivity index (χ4v) is 9.60. The summed E-state index contributed by atoms with van der Waals surface area (Å²) in [7, 11) is 0. The highest BCUT2D eigenvalue weighted by atomic mass is 16.5. The van der Waals surface area contributed by atoms with Crippen molar-refractivity contribution in [3.05, 3.63) is 24.3 Å². The van der Waals surface area contributed by atoms with E-state index in [0.717, 1.165) is 51.4 Å². The van der Waals surface area contributed by atoms with Crippen molar-refractivity contribution in [2.45, 2.75) is 347 Å². The summed E-state index contributed by atoms with van der Waals surface area (Å²) >= 11 is 0. The number of carbonyl (C=O) groups is 2. The van der Waals surface area contributed by atoms with E-state index in [9.17, 15) is 19.8 Å². The number of nitrogens with one attached hydrogen (secondary N) is 1. The lowest BCUT2D eigenvalue weighted by Crippen LogP contribution is -2.45. The molecule has 0 aromatic carbocycles. The van der Waals surface area contributed by atoms with Gasteiger partial charge in [-0.15, -0.1) is 0 Å². The normalized spacial score (nSPS) is 12.7. The highest BCUT2D eigenvalue weighted by molar-refractivity contribution is 5.76. The number of aliphatic hydroxyl groups is 2. The van der Waals surface area contributed by atoms with Gasteiger partial charge >= 0.3 is 5.97 Å². The van der Waals surface area contributed by atoms with Crippen LogP contribution in [0.25, 0.3) is 0 Å². The predicted molar refractivity (Wildman–Crippen MR) is 296 cm³/mol. The van der Waals surface area contributed by atoms with Gasteiger partial charge in [-0.25, -0.2) is 0 Å². The number of ether oxygens (including phenoxy) is 1. The lowest BCUT2D eigenvalue weighted by molar-refractivity contribution is -0.143. The minimum atomic E-state index is -0.668. The largest absolute Gasteiger partial charge is 0.465 e. The van der Waals surface area contributed by atoms with Gasteiger partial charge in [-0.1, -0.05) is 301 Å². The second kappa shape index (κ2) is 57.9. The van der Waals surface area contributed by atoms with Crippen LogP contribution in [-0.4, -0.2) is 47.4 Å². The van der Waals surface area contributed by atoms with Crippen LogP contribution in [0.4, 0.5) is 0 Å². The average molecular weight is 959 g/mol. The third-order valence-electron chi connectivity index (χ3n) is 14.3. The Morgan fingerprint density at radius 2 is 0.735 bits per heavy atom. The molecule has 2 unspecified atom stereocenters. The third-order valence-corrected chi connectivity index (χ3v) is 14.3. The van der Waals surface area contributed by atoms with Crippen molar-refractivity contribution >= 4 is 11.9 Å². The number of carbonyl (C=O) groups excluding carboxylic acids is 2. The average Bonchev–Trinajstić information content (AvgIpc) is 3.34. The van der Waals surface area contributed by atoms with E-state index in [0.29, 0.717) is 25.9 Å². The fourth-order valence-electron chi connectivity index (χ4n) is 9.60. The van der Waals surface area contributed by atoms with E-state index in [1.165, 1.54) is 250 Å². The van der Waals surface area contributed by atoms with E-state index in [2.05, 4.69) is 43.5 Å². The molecular formula is C62H119NO5. The van der Waals surface area contributed by atoms with Gasteiger partial charge in [-0.2, -0.15) is 0 Å². The van der Waals surface area contributed by atoms with Crippen molar-refractivity contribution in [2.75, 3.05) is 13.2 Å². The van der Waals surface area contributed by atoms with Crippen molar-refractivity contribution in [1.82, 2.24) is 5.32 Å². The minimum absolute atomic E-state index is 0.0341. The third kappa shape index (κ3) is 53.7. The molecule has 0 aromatic heterocycles. The van der Waals surface area contributed by atoms with Gasteiger partial charge in [0.2, 0.25) is 5.91 Å². The maximum atomic E-state index is 12.5. The minimum Gasteiger partial charge on any atom is -0.465 e. The quantitative estimate of drug-likeness (QED) is 0.0321. The number of allylic oxidation sites excluding steroid dienone is 3. The first-order valence-electron chi connectivity index (χ1n) is 30.6. The molecule has 0 bridgehead atoms. The number of esters is 1. The monoisotopic (exact) mass is 958 g/mol. The van der Waals surface area contributed by atoms with Crippen LogP contribution < -0.4 is 5.32 Å². The van der Waals surface area contributed by atoms with Gasteiger partial charge in [0, 0.05) is 12.8 Å². The van der Waals surface area contributed by atoms with Crippen LogP contribution in [0.15, 0.2) is 24.3 Å². The van der Waals surface area contributed by atoms with Crippen molar-refractivity contribution in [1.29, 1.82) is 0 Å². The van der Waals surface area contributed by atoms with Gasteiger partial charge in [0.05, 0.1) is 25.4 Å². The van der Waals surface area contributed by atoms with Crippen molar-refractivity contribution in [3.63, 3.8) is 0 Å². The van der Waals surface area contributed by atoms with Crippen molar-refractivity contribution in [3.8, 4) is 0 Å². The molecular weight excluding hydrogens is 839 g/mol. The Hall–Kier alpha value is -1.66. The summed E-state index contributed by atoms with van der Waals surface area (Å²) in [5, 5.41) is 23.3. The van der Waals surface area contributed by atoms with E-state index >= 15 is 0 Å². The van der Waals surface area contributed by atoms with Crippen LogP contribution in [0, 0.1) is 0 Å². The first-order chi connectivity index (χ1) is 33.5. The van der Waals surface area contributed by atoms with Crippen LogP contribution >= 0.6 is 0 Å². The molecule has 3 N–H and O–H groups in total. The summed E-state index contributed by atoms with van der Waals surface area (Å²) in [6.45, 7) is 4.86. The number of aliphatic hydroxyl groups excluding tert-OH is 2. The van der Waals surface area contributed by atoms with Crippen LogP contribution in [-0.2, 0) is 14.3 Å². The summed E-state index contributed by atoms with van der Waals surface area (Å²) in [6, 6.07) is -0.545. The van der Waals surface area contributed by atoms with E-state index in [1.807, 2.05) is 0 Å². The highest BCUT2D eigenvalue weighted by Crippen LogP contribution is 2.18. The molecule has 0 aliphatic carbocycles. The molecule has 0 aromatic rings. The van der Waals surface area contributed by atoms with Gasteiger partial charge < -0.3 is 20.3 Å². The van der Waals surface area contributed by atoms with Gasteiger partial charge in [-0.3, -0.25) is 9.59 Å². The molecule has 68 heavy (non-hydrogen) atoms. The van der Waals surface area contributed by atoms with Gasteiger partial charge in [0.25, 0.3) is 0 Å². The topological polar surface area (TPSA) is 95.9 Å². The zero-order valence-corrected chi connectivity index (χ0v) is 45.9. The van der Waals surface area contributed by atoms with Crippen LogP contribution in [0.2, 0.25) is 0 Å². The zero-order valence-electron chi connectivity index (χ0n) is 45.9. The SMILES string of the molecule is CCCCCCCCCCCCCCCCCCCCC(O)C(CO)NC(=O)CCCCCCCCCCCCCCCC/C=C\C/C=C\CCOC(=O)CCCCCCCCCCCCCC. The summed E-state index contributed by atoms with van der Waals surface area (Å²) in [5.74, 6) is -0.0710. The molecule has 0 spiro atoms. The molecule has 0 rings (SSSR count). The lowest BCUT2D eigenvalue weighted by Gasteiger charge is -2.22. The predicted octanol–water partition coefficient (Wildman–Crippen LogP) is 19.0. The standard InChI is InChI=1S/C62H119NO5/c1-3-5-7-9-11-13-15-17-18-19-25-28-31-34-38-42-46-50-54-60(65)59(58-64)63-61(66)55-51-47-43-39-35-32-29-26-23-21-20-22-24-27-30-33-37-41-45-49-53-57-68-62(67)56-52-48-44-40-36-16-14-12-10-8-6-4-2/h33,37,45,49,59-60,64-65H,3-32,34-36,38-44,46-48,50-58H2,1-2H3,(H,63,66)/b37-33-,49-45-. The number of amides is 1. The number of unbranched alkanes of at least 4 members (excludes halogenated alkanes) is 42. The van der Waals surface area contributed by atoms with Crippen molar-refractivity contribution < 1.29 is 24.5 Å². The number of hydrogen-bond donors (Lipinski definition) is 3. The molecule has 0 saturated heterocycles. The highest BCUT2D eigenvalue weighted by Gasteiger charge is 2.20. The molecule has 1 amide bonds. The molecule has 0 radical (unpaired) electrons. The van der Waals surface area contributed by atoms with Gasteiger partial charge in [0.1, 0.15) is 0 Å². The molecule has 0 saturated carbocycles. The van der Waals surface area contributed by atoms with Crippen LogP contribution in [0.3, 0.4) is 0 Å². The summed E-state index contributed by atoms with van der Waals surface area (Å²) < 4.78 is 5.41. The van der Waals surface area contributed by atoms with E-state index < -0.39 is 12.1 Å². The number of hydrogen-bond acceptors (Lipinski definition) is 5. The Bertz CT molecular complexity index is 1060. The Morgan fingerprint density at radius 1 is 0.412 bits per heavy atom. The maximum Gasteiger partial charge on any atom is 0.305 e. The maximum absolute atomic E-state index is 12.5. The molecule has 0 heterocycles. The van der Waals surface area contributed by atoms with Crippen LogP contribution in [0.1, 0.15) is 335 Å². The second-order valence-electron chi connectivity index (χ2n) is 21.0. The Morgan fingerprint density at radius 3 is 1.12 bits per heavy atom. The Kier molecular flexibility index (Phi) is 56.5. The smallest absolute Gasteiger partial charge is 0.305 e. The molecule has 402 valence electrons. The first-order valence-corrected chi connectivity index (χ1v) is 30.6. The molecule has 0 aliphatic rings. The van der Waals surface area contributed by atoms with Crippen molar-refractivity contribution in [2.24, 2.45) is 0 Å². The molecule has 0 fully saturated rings. The fraction of sp³-hybridized carbons (Fsp3) is 0.903. The molecule has 0 aliphatic heterocycles. The summed E-state index contributed by atoms with van der Waals surface area (Å²) in [6.07, 6.45) is 70.5. The van der Waals surface area contributed by atoms with Crippen LogP contribution in [0.5, 0.6) is 0 Å². The number of rotatable bonds is 57. The van der Waals surface area contributed by atoms with Gasteiger partial charge in [0.15, 0.2) is 0 Å². The second-order valence-corrected chi connectivity index (χ2v) is 21.0. The molecule has 2 atom stereocenters. The molecule has 6 heteroatoms. The Balaban J connectivity index is 3.45. The van der Waals surface area contributed by atoms with Gasteiger partial charge in [-0.05, 0) is 44.9 Å². The molecule has 6 nitrogen and oxygen atoms in total. The first kappa shape index (κ1) is 66.3. The Labute approximate surface area is 424 Å². The summed E-state index contributed by atoms with van der Waals surface area (Å²) in [4.78, 5) is 24.5. The van der Waals surface area contributed by atoms with E-state index in [-0.39, 0.29) is 18.5 Å². The van der Waals surface area contributed by atoms with E-state index in [1.54, 1.807) is 0 Å². The lowest BCUT2D eigenvalue weighted by atomic mass is 10.0. The summed E-state index contributed by atoms with van der Waals surface area (Å²) in [5.41, 5.74) is 0. The zero-order chi connectivity index (χ0) is 49.3. The van der Waals surface area contributed by atoms with E-state index in [4.69, 9.17) is 4.74 Å².